The number of likely N-dealkylation sites (tertiary alicyclic amines) is 1. The maximum Gasteiger partial charge on any atom is 0.308 e. The number of piperidine rings is 1. The molecule has 0 saturated carbocycles. The van der Waals surface area contributed by atoms with Crippen molar-refractivity contribution >= 4 is 11.9 Å². The van der Waals surface area contributed by atoms with Crippen LogP contribution in [0, 0.1) is 11.8 Å². The fourth-order valence-electron chi connectivity index (χ4n) is 3.15. The van der Waals surface area contributed by atoms with Crippen molar-refractivity contribution < 1.29 is 19.4 Å². The smallest absolute Gasteiger partial charge is 0.308 e. The summed E-state index contributed by atoms with van der Waals surface area (Å²) in [4.78, 5) is 25.2. The molecule has 1 heterocycles. The first kappa shape index (κ1) is 17.3. The first-order chi connectivity index (χ1) is 11.0. The molecule has 23 heavy (non-hydrogen) atoms. The number of benzene rings is 1. The topological polar surface area (TPSA) is 66.8 Å². The number of amides is 1. The Morgan fingerprint density at radius 1 is 1.39 bits per heavy atom. The summed E-state index contributed by atoms with van der Waals surface area (Å²) in [6, 6.07) is 7.83. The van der Waals surface area contributed by atoms with Crippen LogP contribution < -0.4 is 4.74 Å². The van der Waals surface area contributed by atoms with Crippen LogP contribution in [0.15, 0.2) is 24.3 Å². The normalized spacial score (nSPS) is 19.2. The summed E-state index contributed by atoms with van der Waals surface area (Å²) in [6.07, 6.45) is 2.63. The van der Waals surface area contributed by atoms with Gasteiger partial charge in [-0.2, -0.15) is 0 Å². The Kier molecular flexibility index (Phi) is 6.02. The van der Waals surface area contributed by atoms with Gasteiger partial charge in [0.2, 0.25) is 5.91 Å². The van der Waals surface area contributed by atoms with Crippen molar-refractivity contribution in [3.05, 3.63) is 29.8 Å². The van der Waals surface area contributed by atoms with Gasteiger partial charge in [-0.3, -0.25) is 9.59 Å². The van der Waals surface area contributed by atoms with Gasteiger partial charge in [-0.25, -0.2) is 0 Å². The number of carboxylic acid groups (broad SMARTS) is 1. The van der Waals surface area contributed by atoms with Crippen LogP contribution in [0.2, 0.25) is 0 Å². The fourth-order valence-corrected chi connectivity index (χ4v) is 3.15. The molecule has 5 nitrogen and oxygen atoms in total. The van der Waals surface area contributed by atoms with E-state index in [1.54, 1.807) is 12.0 Å². The van der Waals surface area contributed by atoms with E-state index in [4.69, 9.17) is 9.84 Å². The molecule has 0 spiro atoms. The van der Waals surface area contributed by atoms with Crippen molar-refractivity contribution in [2.45, 2.75) is 32.6 Å². The van der Waals surface area contributed by atoms with E-state index in [0.717, 1.165) is 24.2 Å². The average molecular weight is 319 g/mol. The highest BCUT2D eigenvalue weighted by Gasteiger charge is 2.28. The highest BCUT2D eigenvalue weighted by molar-refractivity contribution is 5.78. The number of carbonyl (C=O) groups excluding carboxylic acids is 1. The van der Waals surface area contributed by atoms with Gasteiger partial charge in [-0.1, -0.05) is 25.1 Å². The molecular weight excluding hydrogens is 294 g/mol. The predicted octanol–water partition coefficient (Wildman–Crippen LogP) is 2.59. The summed E-state index contributed by atoms with van der Waals surface area (Å²) >= 11 is 0. The van der Waals surface area contributed by atoms with Gasteiger partial charge in [0, 0.05) is 19.5 Å². The molecule has 1 amide bonds. The van der Waals surface area contributed by atoms with E-state index in [1.807, 2.05) is 31.2 Å². The van der Waals surface area contributed by atoms with Crippen LogP contribution in [0.1, 0.15) is 31.7 Å². The SMILES string of the molecule is COc1ccccc1C[C@@H](C)CC(=O)N1CCC[C@H](C(=O)O)C1. The summed E-state index contributed by atoms with van der Waals surface area (Å²) in [6.45, 7) is 3.06. The van der Waals surface area contributed by atoms with Gasteiger partial charge in [-0.05, 0) is 36.8 Å². The molecule has 1 aliphatic rings. The number of hydrogen-bond donors (Lipinski definition) is 1. The molecule has 1 aromatic carbocycles. The summed E-state index contributed by atoms with van der Waals surface area (Å²) < 4.78 is 5.35. The minimum absolute atomic E-state index is 0.0540. The van der Waals surface area contributed by atoms with E-state index in [1.165, 1.54) is 0 Å². The van der Waals surface area contributed by atoms with Crippen molar-refractivity contribution in [3.8, 4) is 5.75 Å². The molecule has 2 atom stereocenters. The molecule has 1 aromatic rings. The number of aliphatic carboxylic acids is 1. The Balaban J connectivity index is 1.90. The maximum absolute atomic E-state index is 12.4. The number of rotatable bonds is 6. The monoisotopic (exact) mass is 319 g/mol. The standard InChI is InChI=1S/C18H25NO4/c1-13(10-14-6-3-4-8-16(14)23-2)11-17(20)19-9-5-7-15(12-19)18(21)22/h3-4,6,8,13,15H,5,7,9-12H2,1-2H3,(H,21,22)/t13-,15+/m1/s1. The van der Waals surface area contributed by atoms with Crippen molar-refractivity contribution in [1.29, 1.82) is 0 Å². The average Bonchev–Trinajstić information content (AvgIpc) is 2.55. The fraction of sp³-hybridized carbons (Fsp3) is 0.556. The predicted molar refractivity (Wildman–Crippen MR) is 87.4 cm³/mol. The number of ether oxygens (including phenoxy) is 1. The largest absolute Gasteiger partial charge is 0.496 e. The quantitative estimate of drug-likeness (QED) is 0.875. The Bertz CT molecular complexity index is 558. The number of carbonyl (C=O) groups is 2. The molecule has 126 valence electrons. The minimum Gasteiger partial charge on any atom is -0.496 e. The van der Waals surface area contributed by atoms with Crippen LogP contribution in [0.4, 0.5) is 0 Å². The van der Waals surface area contributed by atoms with Crippen LogP contribution in [0.3, 0.4) is 0 Å². The molecule has 0 unspecified atom stereocenters. The lowest BCUT2D eigenvalue weighted by molar-refractivity contribution is -0.145. The second-order valence-electron chi connectivity index (χ2n) is 6.34. The van der Waals surface area contributed by atoms with Gasteiger partial charge >= 0.3 is 5.97 Å². The van der Waals surface area contributed by atoms with Crippen molar-refractivity contribution in [3.63, 3.8) is 0 Å². The zero-order valence-electron chi connectivity index (χ0n) is 13.8. The van der Waals surface area contributed by atoms with Crippen molar-refractivity contribution in [2.75, 3.05) is 20.2 Å². The molecular formula is C18H25NO4. The molecule has 1 saturated heterocycles. The number of carboxylic acids is 1. The molecule has 2 rings (SSSR count). The van der Waals surface area contributed by atoms with E-state index in [0.29, 0.717) is 25.9 Å². The third-order valence-corrected chi connectivity index (χ3v) is 4.41. The van der Waals surface area contributed by atoms with Gasteiger partial charge in [0.25, 0.3) is 0 Å². The third-order valence-electron chi connectivity index (χ3n) is 4.41. The van der Waals surface area contributed by atoms with E-state index < -0.39 is 11.9 Å². The Hall–Kier alpha value is -2.04. The van der Waals surface area contributed by atoms with Gasteiger partial charge < -0.3 is 14.7 Å². The molecule has 5 heteroatoms. The highest BCUT2D eigenvalue weighted by Crippen LogP contribution is 2.23. The highest BCUT2D eigenvalue weighted by atomic mass is 16.5. The van der Waals surface area contributed by atoms with Gasteiger partial charge in [-0.15, -0.1) is 0 Å². The number of para-hydroxylation sites is 1. The number of methoxy groups -OCH3 is 1. The molecule has 1 fully saturated rings. The van der Waals surface area contributed by atoms with Crippen LogP contribution in [-0.2, 0) is 16.0 Å². The maximum atomic E-state index is 12.4. The first-order valence-corrected chi connectivity index (χ1v) is 8.13. The van der Waals surface area contributed by atoms with Crippen molar-refractivity contribution in [1.82, 2.24) is 4.90 Å². The Morgan fingerprint density at radius 2 is 2.13 bits per heavy atom. The summed E-state index contributed by atoms with van der Waals surface area (Å²) in [5.74, 6) is -0.139. The van der Waals surface area contributed by atoms with Gasteiger partial charge in [0.05, 0.1) is 13.0 Å². The zero-order valence-corrected chi connectivity index (χ0v) is 13.8. The summed E-state index contributed by atoms with van der Waals surface area (Å²) in [5, 5.41) is 9.12. The van der Waals surface area contributed by atoms with E-state index in [-0.39, 0.29) is 11.8 Å². The van der Waals surface area contributed by atoms with Crippen LogP contribution >= 0.6 is 0 Å². The van der Waals surface area contributed by atoms with Crippen molar-refractivity contribution in [2.24, 2.45) is 11.8 Å². The lowest BCUT2D eigenvalue weighted by Gasteiger charge is -2.31. The number of nitrogens with zero attached hydrogens (tertiary/aromatic N) is 1. The van der Waals surface area contributed by atoms with Gasteiger partial charge in [0.15, 0.2) is 0 Å². The molecule has 1 aliphatic heterocycles. The first-order valence-electron chi connectivity index (χ1n) is 8.13. The summed E-state index contributed by atoms with van der Waals surface area (Å²) in [7, 11) is 1.65. The lowest BCUT2D eigenvalue weighted by atomic mass is 9.94. The van der Waals surface area contributed by atoms with Gasteiger partial charge in [0.1, 0.15) is 5.75 Å². The van der Waals surface area contributed by atoms with Crippen LogP contribution in [-0.4, -0.2) is 42.1 Å². The zero-order chi connectivity index (χ0) is 16.8. The molecule has 0 aromatic heterocycles. The van der Waals surface area contributed by atoms with Crippen LogP contribution in [0.5, 0.6) is 5.75 Å². The minimum atomic E-state index is -0.801. The number of hydrogen-bond acceptors (Lipinski definition) is 3. The van der Waals surface area contributed by atoms with E-state index in [9.17, 15) is 9.59 Å². The Labute approximate surface area is 137 Å². The summed E-state index contributed by atoms with van der Waals surface area (Å²) in [5.41, 5.74) is 1.09. The molecule has 0 aliphatic carbocycles. The van der Waals surface area contributed by atoms with E-state index in [2.05, 4.69) is 0 Å². The molecule has 1 N–H and O–H groups in total. The lowest BCUT2D eigenvalue weighted by Crippen LogP contribution is -2.42. The van der Waals surface area contributed by atoms with Crippen LogP contribution in [0.25, 0.3) is 0 Å². The third kappa shape index (κ3) is 4.71. The molecule has 0 bridgehead atoms. The molecule has 0 radical (unpaired) electrons. The second kappa shape index (κ2) is 7.99. The second-order valence-corrected chi connectivity index (χ2v) is 6.34. The Morgan fingerprint density at radius 3 is 2.83 bits per heavy atom. The van der Waals surface area contributed by atoms with E-state index >= 15 is 0 Å².